The van der Waals surface area contributed by atoms with Crippen molar-refractivity contribution in [1.82, 2.24) is 14.8 Å². The molecular weight excluding hydrogens is 236 g/mol. The molecule has 0 N–H and O–H groups in total. The maximum atomic E-state index is 4.53. The maximum Gasteiger partial charge on any atom is 0.0737 e. The highest BCUT2D eigenvalue weighted by molar-refractivity contribution is 5.64. The molecule has 1 aliphatic heterocycles. The first-order valence-electron chi connectivity index (χ1n) is 6.93. The topological polar surface area (TPSA) is 34.0 Å². The lowest BCUT2D eigenvalue weighted by Crippen LogP contribution is -2.24. The van der Waals surface area contributed by atoms with Gasteiger partial charge in [-0.15, -0.1) is 0 Å². The molecule has 2 aromatic heterocycles. The highest BCUT2D eigenvalue weighted by Crippen LogP contribution is 2.28. The summed E-state index contributed by atoms with van der Waals surface area (Å²) in [4.78, 5) is 6.81. The number of aryl methyl sites for hydroxylation is 2. The molecule has 19 heavy (non-hydrogen) atoms. The van der Waals surface area contributed by atoms with Crippen molar-refractivity contribution in [3.63, 3.8) is 0 Å². The van der Waals surface area contributed by atoms with Crippen molar-refractivity contribution in [2.45, 2.75) is 26.7 Å². The standard InChI is InChI=1S/C13H16N4.C2H6/c1-16-5-3-4-10-6-12(14-8-13(10)16)11-7-15-17(2)9-11;1-2/h6-9H,3-5H2,1-2H3;1-2H3. The Hall–Kier alpha value is -1.84. The Kier molecular flexibility index (Phi) is 4.20. The van der Waals surface area contributed by atoms with Gasteiger partial charge in [-0.25, -0.2) is 0 Å². The van der Waals surface area contributed by atoms with Crippen LogP contribution in [-0.2, 0) is 13.5 Å². The third-order valence-electron chi connectivity index (χ3n) is 3.32. The van der Waals surface area contributed by atoms with Crippen LogP contribution in [0.4, 0.5) is 5.69 Å². The van der Waals surface area contributed by atoms with E-state index >= 15 is 0 Å². The molecular formula is C15H22N4. The van der Waals surface area contributed by atoms with E-state index in [0.29, 0.717) is 0 Å². The first-order valence-corrected chi connectivity index (χ1v) is 6.93. The minimum Gasteiger partial charge on any atom is -0.373 e. The molecule has 0 spiro atoms. The molecule has 1 aliphatic rings. The Morgan fingerprint density at radius 1 is 1.16 bits per heavy atom. The Bertz CT molecular complexity index is 545. The van der Waals surface area contributed by atoms with E-state index in [1.165, 1.54) is 17.7 Å². The van der Waals surface area contributed by atoms with E-state index in [1.807, 2.05) is 44.2 Å². The van der Waals surface area contributed by atoms with Crippen LogP contribution in [0.1, 0.15) is 25.8 Å². The van der Waals surface area contributed by atoms with Crippen molar-refractivity contribution in [2.75, 3.05) is 18.5 Å². The second-order valence-corrected chi connectivity index (χ2v) is 4.63. The number of nitrogens with zero attached hydrogens (tertiary/aromatic N) is 4. The monoisotopic (exact) mass is 258 g/mol. The largest absolute Gasteiger partial charge is 0.373 e. The van der Waals surface area contributed by atoms with Crippen LogP contribution in [0.5, 0.6) is 0 Å². The van der Waals surface area contributed by atoms with Crippen molar-refractivity contribution in [3.05, 3.63) is 30.2 Å². The molecule has 3 rings (SSSR count). The Balaban J connectivity index is 0.000000637. The summed E-state index contributed by atoms with van der Waals surface area (Å²) in [5, 5.41) is 4.19. The minimum atomic E-state index is 1.02. The Morgan fingerprint density at radius 3 is 2.63 bits per heavy atom. The number of anilines is 1. The number of hydrogen-bond donors (Lipinski definition) is 0. The summed E-state index contributed by atoms with van der Waals surface area (Å²) in [6, 6.07) is 2.20. The summed E-state index contributed by atoms with van der Waals surface area (Å²) in [7, 11) is 4.05. The van der Waals surface area contributed by atoms with Crippen LogP contribution in [0.15, 0.2) is 24.7 Å². The van der Waals surface area contributed by atoms with Gasteiger partial charge < -0.3 is 4.90 Å². The predicted molar refractivity (Wildman–Crippen MR) is 79.4 cm³/mol. The fourth-order valence-electron chi connectivity index (χ4n) is 2.37. The summed E-state index contributed by atoms with van der Waals surface area (Å²) < 4.78 is 1.81. The van der Waals surface area contributed by atoms with Gasteiger partial charge in [0.15, 0.2) is 0 Å². The van der Waals surface area contributed by atoms with E-state index in [1.54, 1.807) is 0 Å². The van der Waals surface area contributed by atoms with Gasteiger partial charge in [0.05, 0.1) is 23.8 Å². The number of pyridine rings is 1. The quantitative estimate of drug-likeness (QED) is 0.788. The predicted octanol–water partition coefficient (Wildman–Crippen LogP) is 2.89. The molecule has 0 aliphatic carbocycles. The Morgan fingerprint density at radius 2 is 1.95 bits per heavy atom. The zero-order valence-electron chi connectivity index (χ0n) is 12.2. The van der Waals surface area contributed by atoms with Crippen LogP contribution < -0.4 is 4.90 Å². The average Bonchev–Trinajstić information content (AvgIpc) is 2.88. The second kappa shape index (κ2) is 5.87. The number of aromatic nitrogens is 3. The van der Waals surface area contributed by atoms with E-state index in [-0.39, 0.29) is 0 Å². The van der Waals surface area contributed by atoms with Gasteiger partial charge >= 0.3 is 0 Å². The molecule has 0 unspecified atom stereocenters. The van der Waals surface area contributed by atoms with E-state index < -0.39 is 0 Å². The fraction of sp³-hybridized carbons (Fsp3) is 0.467. The maximum absolute atomic E-state index is 4.53. The third-order valence-corrected chi connectivity index (χ3v) is 3.32. The molecule has 4 nitrogen and oxygen atoms in total. The minimum absolute atomic E-state index is 1.02. The van der Waals surface area contributed by atoms with Crippen molar-refractivity contribution >= 4 is 5.69 Å². The lowest BCUT2D eigenvalue weighted by molar-refractivity contribution is 0.741. The molecule has 0 saturated carbocycles. The normalized spacial score (nSPS) is 13.6. The van der Waals surface area contributed by atoms with Gasteiger partial charge in [0.25, 0.3) is 0 Å². The zero-order valence-corrected chi connectivity index (χ0v) is 12.2. The molecule has 102 valence electrons. The summed E-state index contributed by atoms with van der Waals surface area (Å²) in [6.07, 6.45) is 8.22. The van der Waals surface area contributed by atoms with Crippen LogP contribution in [0.3, 0.4) is 0 Å². The molecule has 2 aromatic rings. The lowest BCUT2D eigenvalue weighted by atomic mass is 10.0. The van der Waals surface area contributed by atoms with Gasteiger partial charge in [0.1, 0.15) is 0 Å². The summed E-state index contributed by atoms with van der Waals surface area (Å²) in [5.74, 6) is 0. The Labute approximate surface area is 115 Å². The fourth-order valence-corrected chi connectivity index (χ4v) is 2.37. The van der Waals surface area contributed by atoms with Crippen LogP contribution in [-0.4, -0.2) is 28.4 Å². The number of fused-ring (bicyclic) bond motifs is 1. The van der Waals surface area contributed by atoms with E-state index in [2.05, 4.69) is 28.1 Å². The van der Waals surface area contributed by atoms with Crippen molar-refractivity contribution < 1.29 is 0 Å². The third kappa shape index (κ3) is 2.78. The molecule has 0 aromatic carbocycles. The summed E-state index contributed by atoms with van der Waals surface area (Å²) >= 11 is 0. The van der Waals surface area contributed by atoms with Crippen LogP contribution in [0.2, 0.25) is 0 Å². The van der Waals surface area contributed by atoms with Gasteiger partial charge in [-0.3, -0.25) is 9.67 Å². The summed E-state index contributed by atoms with van der Waals surface area (Å²) in [6.45, 7) is 5.13. The zero-order chi connectivity index (χ0) is 13.8. The second-order valence-electron chi connectivity index (χ2n) is 4.63. The van der Waals surface area contributed by atoms with Gasteiger partial charge in [-0.1, -0.05) is 13.8 Å². The van der Waals surface area contributed by atoms with Crippen LogP contribution in [0, 0.1) is 0 Å². The van der Waals surface area contributed by atoms with Gasteiger partial charge in [-0.2, -0.15) is 5.10 Å². The van der Waals surface area contributed by atoms with Gasteiger partial charge in [0.2, 0.25) is 0 Å². The number of rotatable bonds is 1. The van der Waals surface area contributed by atoms with Crippen LogP contribution >= 0.6 is 0 Å². The summed E-state index contributed by atoms with van der Waals surface area (Å²) in [5.41, 5.74) is 4.77. The van der Waals surface area contributed by atoms with E-state index in [0.717, 1.165) is 24.2 Å². The van der Waals surface area contributed by atoms with Crippen LogP contribution in [0.25, 0.3) is 11.3 Å². The van der Waals surface area contributed by atoms with E-state index in [4.69, 9.17) is 0 Å². The molecule has 0 bridgehead atoms. The first kappa shape index (κ1) is 13.6. The smallest absolute Gasteiger partial charge is 0.0737 e. The van der Waals surface area contributed by atoms with Crippen molar-refractivity contribution in [3.8, 4) is 11.3 Å². The van der Waals surface area contributed by atoms with Gasteiger partial charge in [-0.05, 0) is 24.5 Å². The first-order chi connectivity index (χ1) is 9.24. The molecule has 3 heterocycles. The molecule has 4 heteroatoms. The van der Waals surface area contributed by atoms with Crippen molar-refractivity contribution in [2.24, 2.45) is 7.05 Å². The highest BCUT2D eigenvalue weighted by Gasteiger charge is 2.15. The highest BCUT2D eigenvalue weighted by atomic mass is 15.2. The molecule has 0 saturated heterocycles. The molecule has 0 atom stereocenters. The lowest BCUT2D eigenvalue weighted by Gasteiger charge is -2.27. The average molecular weight is 258 g/mol. The molecule has 0 amide bonds. The molecule has 0 radical (unpaired) electrons. The van der Waals surface area contributed by atoms with E-state index in [9.17, 15) is 0 Å². The molecule has 0 fully saturated rings. The number of hydrogen-bond acceptors (Lipinski definition) is 3. The van der Waals surface area contributed by atoms with Crippen molar-refractivity contribution in [1.29, 1.82) is 0 Å². The van der Waals surface area contributed by atoms with Gasteiger partial charge in [0, 0.05) is 32.4 Å². The SMILES string of the molecule is CC.CN1CCCc2cc(-c3cnn(C)c3)ncc21.